The van der Waals surface area contributed by atoms with E-state index in [4.69, 9.17) is 17.3 Å². The van der Waals surface area contributed by atoms with Crippen LogP contribution in [0, 0.1) is 3.95 Å². The van der Waals surface area contributed by atoms with Gasteiger partial charge in [0, 0.05) is 11.6 Å². The van der Waals surface area contributed by atoms with Crippen molar-refractivity contribution >= 4 is 47.0 Å². The number of thiazole rings is 1. The fourth-order valence-corrected chi connectivity index (χ4v) is 4.16. The number of aromatic nitrogens is 1. The van der Waals surface area contributed by atoms with Crippen LogP contribution in [-0.2, 0) is 14.4 Å². The molecule has 1 amide bonds. The fraction of sp³-hybridized carbons (Fsp3) is 0.188. The van der Waals surface area contributed by atoms with Crippen molar-refractivity contribution in [2.45, 2.75) is 18.9 Å². The third-order valence-corrected chi connectivity index (χ3v) is 5.29. The Labute approximate surface area is 155 Å². The maximum absolute atomic E-state index is 12.3. The van der Waals surface area contributed by atoms with Crippen LogP contribution in [0.25, 0.3) is 5.57 Å². The highest BCUT2D eigenvalue weighted by atomic mass is 32.1. The standard InChI is InChI=1S/C16H12N2O6S2/c19-10(20)6-5-9(15(23)24)18-14(22)12(26-16(18)25)11-7-3-1-2-4-8(7)17-13(11)21/h1-4,9,22H,5-6H2,(H,19,20)(H,23,24)/t9-/m0/s1. The van der Waals surface area contributed by atoms with Gasteiger partial charge in [-0.3, -0.25) is 14.2 Å². The van der Waals surface area contributed by atoms with Crippen LogP contribution < -0.4 is 10.6 Å². The van der Waals surface area contributed by atoms with Crippen LogP contribution in [0.5, 0.6) is 5.88 Å². The zero-order valence-electron chi connectivity index (χ0n) is 13.1. The molecule has 0 fully saturated rings. The lowest BCUT2D eigenvalue weighted by Gasteiger charge is -2.14. The number of carboxylic acid groups (broad SMARTS) is 2. The van der Waals surface area contributed by atoms with Crippen molar-refractivity contribution in [3.63, 3.8) is 0 Å². The van der Waals surface area contributed by atoms with Gasteiger partial charge < -0.3 is 15.3 Å². The molecule has 0 saturated heterocycles. The van der Waals surface area contributed by atoms with Crippen molar-refractivity contribution in [1.82, 2.24) is 4.57 Å². The van der Waals surface area contributed by atoms with E-state index < -0.39 is 36.2 Å². The molecule has 1 aromatic carbocycles. The van der Waals surface area contributed by atoms with Crippen LogP contribution in [0.15, 0.2) is 29.3 Å². The zero-order chi connectivity index (χ0) is 19.0. The molecule has 134 valence electrons. The Kier molecular flexibility index (Phi) is 4.70. The van der Waals surface area contributed by atoms with Gasteiger partial charge in [0.2, 0.25) is 5.88 Å². The molecular weight excluding hydrogens is 380 g/mol. The summed E-state index contributed by atoms with van der Waals surface area (Å²) in [7, 11) is 0. The molecule has 1 aliphatic rings. The van der Waals surface area contributed by atoms with E-state index in [0.29, 0.717) is 10.6 Å². The van der Waals surface area contributed by atoms with Crippen LogP contribution in [0.3, 0.4) is 0 Å². The zero-order valence-corrected chi connectivity index (χ0v) is 14.7. The minimum absolute atomic E-state index is 0.0277. The van der Waals surface area contributed by atoms with Crippen molar-refractivity contribution < 1.29 is 29.7 Å². The molecule has 0 aliphatic carbocycles. The van der Waals surface area contributed by atoms with Crippen LogP contribution in [0.1, 0.15) is 23.8 Å². The predicted octanol–water partition coefficient (Wildman–Crippen LogP) is 0.834. The fourth-order valence-electron chi connectivity index (χ4n) is 2.72. The van der Waals surface area contributed by atoms with Crippen molar-refractivity contribution in [3.8, 4) is 5.88 Å². The summed E-state index contributed by atoms with van der Waals surface area (Å²) >= 11 is 6.05. The molecule has 1 atom stereocenters. The van der Waals surface area contributed by atoms with Gasteiger partial charge in [0.05, 0.1) is 10.9 Å². The van der Waals surface area contributed by atoms with Crippen molar-refractivity contribution in [3.05, 3.63) is 43.7 Å². The molecule has 0 unspecified atom stereocenters. The van der Waals surface area contributed by atoms with Crippen LogP contribution >= 0.6 is 23.6 Å². The summed E-state index contributed by atoms with van der Waals surface area (Å²) in [5.41, 5.74) is 0.148. The number of carbonyl (C=O) groups is 3. The summed E-state index contributed by atoms with van der Waals surface area (Å²) in [5.74, 6) is -3.52. The first-order chi connectivity index (χ1) is 12.3. The number of carboxylic acids is 2. The van der Waals surface area contributed by atoms with E-state index in [1.54, 1.807) is 24.3 Å². The average Bonchev–Trinajstić information content (AvgIpc) is 3.04. The van der Waals surface area contributed by atoms with E-state index in [1.165, 1.54) is 0 Å². The number of carbonyl (C=O) groups excluding carboxylic acids is 1. The Morgan fingerprint density at radius 1 is 1.27 bits per heavy atom. The first kappa shape index (κ1) is 18.0. The maximum Gasteiger partial charge on any atom is 0.326 e. The van der Waals surface area contributed by atoms with Gasteiger partial charge in [0.15, 0.2) is 3.95 Å². The Balaban J connectivity index is 2.17. The monoisotopic (exact) mass is 392 g/mol. The summed E-state index contributed by atoms with van der Waals surface area (Å²) in [6.07, 6.45) is -0.663. The minimum Gasteiger partial charge on any atom is -0.493 e. The molecule has 2 aromatic rings. The molecule has 0 bridgehead atoms. The third-order valence-electron chi connectivity index (χ3n) is 3.88. The Morgan fingerprint density at radius 3 is 2.62 bits per heavy atom. The highest BCUT2D eigenvalue weighted by Crippen LogP contribution is 2.36. The molecule has 3 N–H and O–H groups in total. The van der Waals surface area contributed by atoms with E-state index in [9.17, 15) is 24.6 Å². The second-order valence-corrected chi connectivity index (χ2v) is 7.13. The highest BCUT2D eigenvalue weighted by molar-refractivity contribution is 7.73. The molecule has 0 radical (unpaired) electrons. The summed E-state index contributed by atoms with van der Waals surface area (Å²) in [4.78, 5) is 38.6. The van der Waals surface area contributed by atoms with Crippen molar-refractivity contribution in [2.75, 3.05) is 0 Å². The number of fused-ring (bicyclic) bond motifs is 1. The Morgan fingerprint density at radius 2 is 1.96 bits per heavy atom. The van der Waals surface area contributed by atoms with Crippen LogP contribution in [-0.4, -0.2) is 37.7 Å². The lowest BCUT2D eigenvalue weighted by atomic mass is 10.1. The van der Waals surface area contributed by atoms with E-state index in [1.807, 2.05) is 0 Å². The number of para-hydroxylation sites is 1. The van der Waals surface area contributed by atoms with E-state index >= 15 is 0 Å². The molecule has 0 spiro atoms. The molecule has 1 aliphatic heterocycles. The van der Waals surface area contributed by atoms with E-state index in [0.717, 1.165) is 15.9 Å². The van der Waals surface area contributed by atoms with Gasteiger partial charge in [-0.15, -0.1) is 11.3 Å². The average molecular weight is 392 g/mol. The van der Waals surface area contributed by atoms with Gasteiger partial charge in [-0.2, -0.15) is 0 Å². The van der Waals surface area contributed by atoms with Crippen LogP contribution in [0.2, 0.25) is 0 Å². The second-order valence-electron chi connectivity index (χ2n) is 5.49. The smallest absolute Gasteiger partial charge is 0.326 e. The third kappa shape index (κ3) is 3.04. The molecule has 10 heteroatoms. The van der Waals surface area contributed by atoms with E-state index in [-0.39, 0.29) is 20.8 Å². The SMILES string of the molecule is O=C(O)CC[C@@H](C(=O)O)n1c(O)c(C2=c3ccccc3=NC2=O)sc1=S. The number of aliphatic carboxylic acids is 2. The normalized spacial score (nSPS) is 14.0. The summed E-state index contributed by atoms with van der Waals surface area (Å²) in [6.45, 7) is 0. The predicted molar refractivity (Wildman–Crippen MR) is 93.1 cm³/mol. The van der Waals surface area contributed by atoms with Gasteiger partial charge in [-0.1, -0.05) is 18.2 Å². The molecule has 26 heavy (non-hydrogen) atoms. The van der Waals surface area contributed by atoms with Crippen molar-refractivity contribution in [2.24, 2.45) is 4.99 Å². The summed E-state index contributed by atoms with van der Waals surface area (Å²) < 4.78 is 1.00. The quantitative estimate of drug-likeness (QED) is 0.621. The Bertz CT molecular complexity index is 1110. The number of amides is 1. The van der Waals surface area contributed by atoms with Gasteiger partial charge in [-0.05, 0) is 24.7 Å². The largest absolute Gasteiger partial charge is 0.493 e. The second kappa shape index (κ2) is 6.81. The highest BCUT2D eigenvalue weighted by Gasteiger charge is 2.30. The molecule has 3 rings (SSSR count). The number of nitrogens with zero attached hydrogens (tertiary/aromatic N) is 2. The maximum atomic E-state index is 12.3. The first-order valence-electron chi connectivity index (χ1n) is 7.43. The van der Waals surface area contributed by atoms with Gasteiger partial charge >= 0.3 is 11.9 Å². The Hall–Kier alpha value is -2.85. The molecule has 2 heterocycles. The number of aromatic hydroxyl groups is 1. The first-order valence-corrected chi connectivity index (χ1v) is 8.65. The number of hydrogen-bond donors (Lipinski definition) is 3. The minimum atomic E-state index is -1.35. The number of rotatable bonds is 6. The van der Waals surface area contributed by atoms with Gasteiger partial charge in [0.1, 0.15) is 10.9 Å². The van der Waals surface area contributed by atoms with E-state index in [2.05, 4.69) is 4.99 Å². The molecular formula is C16H12N2O6S2. The summed E-state index contributed by atoms with van der Waals surface area (Å²) in [5, 5.41) is 29.8. The summed E-state index contributed by atoms with van der Waals surface area (Å²) in [6, 6.07) is 5.41. The van der Waals surface area contributed by atoms with Gasteiger partial charge in [0.25, 0.3) is 5.91 Å². The lowest BCUT2D eigenvalue weighted by Crippen LogP contribution is -2.22. The number of benzene rings is 1. The lowest BCUT2D eigenvalue weighted by molar-refractivity contribution is -0.142. The van der Waals surface area contributed by atoms with Crippen molar-refractivity contribution in [1.29, 1.82) is 0 Å². The number of hydrogen-bond acceptors (Lipinski definition) is 6. The molecule has 1 aromatic heterocycles. The molecule has 0 saturated carbocycles. The van der Waals surface area contributed by atoms with Crippen LogP contribution in [0.4, 0.5) is 0 Å². The topological polar surface area (TPSA) is 129 Å². The van der Waals surface area contributed by atoms with Gasteiger partial charge in [-0.25, -0.2) is 9.79 Å². The molecule has 8 nitrogen and oxygen atoms in total.